The van der Waals surface area contributed by atoms with E-state index < -0.39 is 6.10 Å². The molecule has 1 saturated heterocycles. The van der Waals surface area contributed by atoms with Crippen LogP contribution in [0.15, 0.2) is 59.4 Å². The molecule has 2 aliphatic rings. The van der Waals surface area contributed by atoms with Crippen LogP contribution in [0.1, 0.15) is 12.8 Å². The molecule has 5 rings (SSSR count). The molecule has 1 aliphatic carbocycles. The highest BCUT2D eigenvalue weighted by atomic mass is 16.5. The first-order chi connectivity index (χ1) is 14.2. The Kier molecular flexibility index (Phi) is 5.04. The largest absolute Gasteiger partial charge is 0.490 e. The molecule has 2 unspecified atom stereocenters. The number of furan rings is 1. The molecule has 1 saturated carbocycles. The van der Waals surface area contributed by atoms with Crippen LogP contribution in [-0.4, -0.2) is 53.6 Å². The molecule has 2 fully saturated rings. The van der Waals surface area contributed by atoms with Crippen molar-refractivity contribution in [3.05, 3.63) is 55.0 Å². The van der Waals surface area contributed by atoms with Crippen molar-refractivity contribution in [2.75, 3.05) is 26.2 Å². The summed E-state index contributed by atoms with van der Waals surface area (Å²) in [6.07, 6.45) is 4.57. The lowest BCUT2D eigenvalue weighted by molar-refractivity contribution is 0.0713. The fraction of sp³-hybridized carbons (Fsp3) is 0.417. The number of likely N-dealkylation sites (tertiary alicyclic amines) is 1. The lowest BCUT2D eigenvalue weighted by Gasteiger charge is -2.22. The summed E-state index contributed by atoms with van der Waals surface area (Å²) < 4.78 is 11.3. The summed E-state index contributed by atoms with van der Waals surface area (Å²) in [7, 11) is 0. The van der Waals surface area contributed by atoms with E-state index in [1.54, 1.807) is 12.5 Å². The Balaban J connectivity index is 1.25. The van der Waals surface area contributed by atoms with Gasteiger partial charge < -0.3 is 24.3 Å². The van der Waals surface area contributed by atoms with Gasteiger partial charge in [0.05, 0.1) is 18.6 Å². The molecule has 1 aromatic heterocycles. The standard InChI is InChI=1S/C24H27NO4/c26-19-9-17-11-25(12-18(17)10-19)13-20(27)15-29-24-6-5-21(16-7-8-28-14-16)22-3-1-2-4-23(22)24/h1-8,14,17-20,26-27H,9-13,15H2/t17-,18+,19?,20?. The van der Waals surface area contributed by atoms with Crippen LogP contribution in [0.4, 0.5) is 0 Å². The fourth-order valence-electron chi connectivity index (χ4n) is 5.12. The van der Waals surface area contributed by atoms with Crippen molar-refractivity contribution in [3.63, 3.8) is 0 Å². The molecule has 152 valence electrons. The first-order valence-electron chi connectivity index (χ1n) is 10.4. The van der Waals surface area contributed by atoms with E-state index in [4.69, 9.17) is 9.15 Å². The summed E-state index contributed by atoms with van der Waals surface area (Å²) in [5.41, 5.74) is 2.14. The first-order valence-corrected chi connectivity index (χ1v) is 10.4. The Morgan fingerprint density at radius 1 is 1.03 bits per heavy atom. The Morgan fingerprint density at radius 2 is 1.79 bits per heavy atom. The van der Waals surface area contributed by atoms with Gasteiger partial charge in [-0.1, -0.05) is 24.3 Å². The molecule has 1 aliphatic heterocycles. The van der Waals surface area contributed by atoms with E-state index in [2.05, 4.69) is 11.0 Å². The van der Waals surface area contributed by atoms with Gasteiger partial charge in [-0.05, 0) is 53.8 Å². The van der Waals surface area contributed by atoms with Crippen LogP contribution in [0.25, 0.3) is 21.9 Å². The van der Waals surface area contributed by atoms with Crippen LogP contribution in [-0.2, 0) is 0 Å². The highest BCUT2D eigenvalue weighted by Gasteiger charge is 2.40. The van der Waals surface area contributed by atoms with Gasteiger partial charge in [-0.15, -0.1) is 0 Å². The number of aliphatic hydroxyl groups excluding tert-OH is 2. The molecule has 5 nitrogen and oxygen atoms in total. The molecule has 5 heteroatoms. The number of aliphatic hydroxyl groups is 2. The molecule has 2 N–H and O–H groups in total. The maximum Gasteiger partial charge on any atom is 0.127 e. The van der Waals surface area contributed by atoms with Crippen molar-refractivity contribution in [2.24, 2.45) is 11.8 Å². The molecular weight excluding hydrogens is 366 g/mol. The fourth-order valence-corrected chi connectivity index (χ4v) is 5.12. The van der Waals surface area contributed by atoms with Crippen molar-refractivity contribution in [1.82, 2.24) is 4.90 Å². The summed E-state index contributed by atoms with van der Waals surface area (Å²) in [5, 5.41) is 22.5. The minimum absolute atomic E-state index is 0.126. The van der Waals surface area contributed by atoms with Gasteiger partial charge in [-0.2, -0.15) is 0 Å². The third-order valence-electron chi connectivity index (χ3n) is 6.42. The number of fused-ring (bicyclic) bond motifs is 2. The van der Waals surface area contributed by atoms with E-state index in [0.717, 1.165) is 53.6 Å². The van der Waals surface area contributed by atoms with Gasteiger partial charge in [-0.3, -0.25) is 0 Å². The third kappa shape index (κ3) is 3.78. The zero-order chi connectivity index (χ0) is 19.8. The number of β-amino-alcohol motifs (C(OH)–C–C–N with tert-alkyl or cyclic N) is 1. The lowest BCUT2D eigenvalue weighted by Crippen LogP contribution is -2.35. The van der Waals surface area contributed by atoms with E-state index in [1.807, 2.05) is 36.4 Å². The van der Waals surface area contributed by atoms with E-state index in [1.165, 1.54) is 0 Å². The van der Waals surface area contributed by atoms with E-state index in [0.29, 0.717) is 18.4 Å². The number of benzene rings is 2. The molecule has 29 heavy (non-hydrogen) atoms. The summed E-state index contributed by atoms with van der Waals surface area (Å²) in [5.74, 6) is 1.95. The monoisotopic (exact) mass is 393 g/mol. The maximum absolute atomic E-state index is 10.5. The van der Waals surface area contributed by atoms with Gasteiger partial charge in [0, 0.05) is 30.6 Å². The van der Waals surface area contributed by atoms with Crippen LogP contribution in [0.5, 0.6) is 5.75 Å². The molecule has 2 heterocycles. The summed E-state index contributed by atoms with van der Waals surface area (Å²) in [6, 6.07) is 14.1. The molecule has 0 spiro atoms. The zero-order valence-corrected chi connectivity index (χ0v) is 16.4. The van der Waals surface area contributed by atoms with Crippen LogP contribution >= 0.6 is 0 Å². The van der Waals surface area contributed by atoms with Crippen molar-refractivity contribution in [1.29, 1.82) is 0 Å². The smallest absolute Gasteiger partial charge is 0.127 e. The first kappa shape index (κ1) is 18.7. The SMILES string of the molecule is OC1C[C@@H]2CN(CC(O)COc3ccc(-c4ccoc4)c4ccccc34)C[C@@H]2C1. The average Bonchev–Trinajstić information content (AvgIpc) is 3.43. The van der Waals surface area contributed by atoms with E-state index >= 15 is 0 Å². The van der Waals surface area contributed by atoms with Gasteiger partial charge in [-0.25, -0.2) is 0 Å². The van der Waals surface area contributed by atoms with Crippen LogP contribution in [0, 0.1) is 11.8 Å². The average molecular weight is 393 g/mol. The number of ether oxygens (including phenoxy) is 1. The minimum atomic E-state index is -0.536. The predicted octanol–water partition coefficient (Wildman–Crippen LogP) is 3.54. The second-order valence-corrected chi connectivity index (χ2v) is 8.50. The van der Waals surface area contributed by atoms with Crippen molar-refractivity contribution in [2.45, 2.75) is 25.0 Å². The third-order valence-corrected chi connectivity index (χ3v) is 6.42. The van der Waals surface area contributed by atoms with Crippen LogP contribution in [0.3, 0.4) is 0 Å². The Morgan fingerprint density at radius 3 is 2.52 bits per heavy atom. The predicted molar refractivity (Wildman–Crippen MR) is 112 cm³/mol. The number of nitrogens with zero attached hydrogens (tertiary/aromatic N) is 1. The quantitative estimate of drug-likeness (QED) is 0.671. The second kappa shape index (κ2) is 7.82. The molecule has 2 aromatic carbocycles. The van der Waals surface area contributed by atoms with Gasteiger partial charge in [0.15, 0.2) is 0 Å². The maximum atomic E-state index is 10.5. The minimum Gasteiger partial charge on any atom is -0.490 e. The number of hydrogen-bond acceptors (Lipinski definition) is 5. The molecule has 0 amide bonds. The molecule has 0 bridgehead atoms. The van der Waals surface area contributed by atoms with E-state index in [9.17, 15) is 10.2 Å². The number of rotatable bonds is 6. The molecular formula is C24H27NO4. The van der Waals surface area contributed by atoms with E-state index in [-0.39, 0.29) is 12.7 Å². The lowest BCUT2D eigenvalue weighted by atomic mass is 9.99. The Labute approximate surface area is 170 Å². The summed E-state index contributed by atoms with van der Waals surface area (Å²) in [6.45, 7) is 2.83. The molecule has 3 aromatic rings. The number of hydrogen-bond donors (Lipinski definition) is 2. The Bertz CT molecular complexity index is 956. The van der Waals surface area contributed by atoms with Crippen LogP contribution in [0.2, 0.25) is 0 Å². The molecule has 0 radical (unpaired) electrons. The molecule has 4 atom stereocenters. The highest BCUT2D eigenvalue weighted by molar-refractivity contribution is 5.99. The summed E-state index contributed by atoms with van der Waals surface area (Å²) in [4.78, 5) is 2.31. The highest BCUT2D eigenvalue weighted by Crippen LogP contribution is 2.38. The summed E-state index contributed by atoms with van der Waals surface area (Å²) >= 11 is 0. The topological polar surface area (TPSA) is 66.1 Å². The normalized spacial score (nSPS) is 25.4. The Hall–Kier alpha value is -2.34. The zero-order valence-electron chi connectivity index (χ0n) is 16.4. The second-order valence-electron chi connectivity index (χ2n) is 8.50. The van der Waals surface area contributed by atoms with Crippen molar-refractivity contribution >= 4 is 10.8 Å². The van der Waals surface area contributed by atoms with Gasteiger partial charge in [0.1, 0.15) is 18.5 Å². The van der Waals surface area contributed by atoms with Gasteiger partial charge >= 0.3 is 0 Å². The van der Waals surface area contributed by atoms with Crippen LogP contribution < -0.4 is 4.74 Å². The van der Waals surface area contributed by atoms with Crippen molar-refractivity contribution < 1.29 is 19.4 Å². The van der Waals surface area contributed by atoms with Crippen molar-refractivity contribution in [3.8, 4) is 16.9 Å². The van der Waals surface area contributed by atoms with Gasteiger partial charge in [0.2, 0.25) is 0 Å². The van der Waals surface area contributed by atoms with Gasteiger partial charge in [0.25, 0.3) is 0 Å².